The van der Waals surface area contributed by atoms with Gasteiger partial charge in [0.05, 0.1) is 19.3 Å². The number of hydrogen-bond donors (Lipinski definition) is 1. The molecule has 2 heterocycles. The molecule has 2 saturated heterocycles. The number of nitrogens with zero attached hydrogens (tertiary/aromatic N) is 2. The zero-order valence-corrected chi connectivity index (χ0v) is 14.8. The predicted molar refractivity (Wildman–Crippen MR) is 96.2 cm³/mol. The van der Waals surface area contributed by atoms with E-state index in [2.05, 4.69) is 10.2 Å². The second-order valence-electron chi connectivity index (χ2n) is 6.93. The van der Waals surface area contributed by atoms with Crippen molar-refractivity contribution in [3.8, 4) is 0 Å². The van der Waals surface area contributed by atoms with Crippen LogP contribution in [0.2, 0.25) is 0 Å². The molecule has 1 aromatic rings. The molecule has 25 heavy (non-hydrogen) atoms. The fraction of sp³-hybridized carbons (Fsp3) is 0.579. The van der Waals surface area contributed by atoms with E-state index in [1.54, 1.807) is 0 Å². The number of benzene rings is 1. The lowest BCUT2D eigenvalue weighted by Crippen LogP contribution is -2.49. The molecule has 2 aliphatic heterocycles. The number of rotatable bonds is 4. The van der Waals surface area contributed by atoms with Gasteiger partial charge in [-0.3, -0.25) is 14.5 Å². The van der Waals surface area contributed by atoms with Gasteiger partial charge in [0, 0.05) is 24.7 Å². The maximum Gasteiger partial charge on any atom is 0.236 e. The summed E-state index contributed by atoms with van der Waals surface area (Å²) < 4.78 is 5.49. The predicted octanol–water partition coefficient (Wildman–Crippen LogP) is 1.58. The van der Waals surface area contributed by atoms with Gasteiger partial charge in [0.2, 0.25) is 11.8 Å². The Morgan fingerprint density at radius 3 is 2.56 bits per heavy atom. The molecule has 0 spiro atoms. The number of piperidine rings is 1. The van der Waals surface area contributed by atoms with Gasteiger partial charge in [-0.05, 0) is 45.0 Å². The lowest BCUT2D eigenvalue weighted by molar-refractivity contribution is -0.139. The van der Waals surface area contributed by atoms with Crippen LogP contribution < -0.4 is 5.32 Å². The summed E-state index contributed by atoms with van der Waals surface area (Å²) in [7, 11) is 0. The number of morpholine rings is 1. The van der Waals surface area contributed by atoms with Crippen LogP contribution in [0.15, 0.2) is 30.3 Å². The van der Waals surface area contributed by atoms with Crippen molar-refractivity contribution in [2.24, 2.45) is 5.92 Å². The first-order chi connectivity index (χ1) is 12.1. The second-order valence-corrected chi connectivity index (χ2v) is 6.93. The van der Waals surface area contributed by atoms with Gasteiger partial charge in [-0.2, -0.15) is 0 Å². The molecule has 1 atom stereocenters. The van der Waals surface area contributed by atoms with Crippen molar-refractivity contribution in [1.29, 1.82) is 0 Å². The highest BCUT2D eigenvalue weighted by molar-refractivity contribution is 5.92. The van der Waals surface area contributed by atoms with E-state index >= 15 is 0 Å². The summed E-state index contributed by atoms with van der Waals surface area (Å²) in [5.41, 5.74) is 0.839. The van der Waals surface area contributed by atoms with Gasteiger partial charge in [-0.25, -0.2) is 0 Å². The van der Waals surface area contributed by atoms with Crippen LogP contribution in [-0.2, 0) is 14.3 Å². The number of hydrogen-bond acceptors (Lipinski definition) is 4. The Balaban J connectivity index is 1.42. The molecule has 2 amide bonds. The highest BCUT2D eigenvalue weighted by Crippen LogP contribution is 2.19. The lowest BCUT2D eigenvalue weighted by Gasteiger charge is -2.35. The lowest BCUT2D eigenvalue weighted by atomic mass is 9.95. The molecule has 1 N–H and O–H groups in total. The van der Waals surface area contributed by atoms with Crippen molar-refractivity contribution in [2.75, 3.05) is 44.6 Å². The minimum absolute atomic E-state index is 0.0231. The zero-order valence-electron chi connectivity index (χ0n) is 14.8. The topological polar surface area (TPSA) is 61.9 Å². The standard InChI is InChI=1S/C19H27N3O3/c1-15-13-22(11-12-25-15)18(23)14-21-9-7-16(8-10-21)19(24)20-17-5-3-2-4-6-17/h2-6,15-16H,7-14H2,1H3,(H,20,24). The maximum absolute atomic E-state index is 12.4. The summed E-state index contributed by atoms with van der Waals surface area (Å²) in [6.45, 7) is 6.00. The molecule has 0 aliphatic carbocycles. The van der Waals surface area contributed by atoms with Gasteiger partial charge < -0.3 is 15.0 Å². The molecule has 3 rings (SSSR count). The highest BCUT2D eigenvalue weighted by atomic mass is 16.5. The van der Waals surface area contributed by atoms with Crippen molar-refractivity contribution < 1.29 is 14.3 Å². The molecular weight excluding hydrogens is 318 g/mol. The minimum Gasteiger partial charge on any atom is -0.375 e. The van der Waals surface area contributed by atoms with Crippen LogP contribution in [0, 0.1) is 5.92 Å². The average molecular weight is 345 g/mol. The zero-order chi connectivity index (χ0) is 17.6. The van der Waals surface area contributed by atoms with Crippen molar-refractivity contribution in [1.82, 2.24) is 9.80 Å². The van der Waals surface area contributed by atoms with Crippen LogP contribution in [0.3, 0.4) is 0 Å². The molecule has 2 fully saturated rings. The highest BCUT2D eigenvalue weighted by Gasteiger charge is 2.28. The molecule has 2 aliphatic rings. The van der Waals surface area contributed by atoms with Gasteiger partial charge in [-0.15, -0.1) is 0 Å². The smallest absolute Gasteiger partial charge is 0.236 e. The van der Waals surface area contributed by atoms with E-state index in [0.29, 0.717) is 26.2 Å². The Morgan fingerprint density at radius 2 is 1.88 bits per heavy atom. The summed E-state index contributed by atoms with van der Waals surface area (Å²) >= 11 is 0. The number of ether oxygens (including phenoxy) is 1. The maximum atomic E-state index is 12.4. The summed E-state index contributed by atoms with van der Waals surface area (Å²) in [6, 6.07) is 9.55. The summed E-state index contributed by atoms with van der Waals surface area (Å²) in [6.07, 6.45) is 1.71. The molecular formula is C19H27N3O3. The number of para-hydroxylation sites is 1. The Bertz CT molecular complexity index is 585. The van der Waals surface area contributed by atoms with Crippen LogP contribution in [0.4, 0.5) is 5.69 Å². The number of carbonyl (C=O) groups is 2. The van der Waals surface area contributed by atoms with E-state index in [-0.39, 0.29) is 23.8 Å². The van der Waals surface area contributed by atoms with Crippen LogP contribution in [0.25, 0.3) is 0 Å². The first-order valence-corrected chi connectivity index (χ1v) is 9.09. The quantitative estimate of drug-likeness (QED) is 0.900. The third kappa shape index (κ3) is 5.03. The third-order valence-corrected chi connectivity index (χ3v) is 4.95. The molecule has 136 valence electrons. The number of amides is 2. The van der Waals surface area contributed by atoms with Gasteiger partial charge in [0.1, 0.15) is 0 Å². The van der Waals surface area contributed by atoms with Crippen LogP contribution in [0.1, 0.15) is 19.8 Å². The fourth-order valence-electron chi connectivity index (χ4n) is 3.46. The van der Waals surface area contributed by atoms with E-state index in [4.69, 9.17) is 4.74 Å². The molecule has 1 unspecified atom stereocenters. The third-order valence-electron chi connectivity index (χ3n) is 4.95. The SMILES string of the molecule is CC1CN(C(=O)CN2CCC(C(=O)Nc3ccccc3)CC2)CCO1. The average Bonchev–Trinajstić information content (AvgIpc) is 2.63. The van der Waals surface area contributed by atoms with Crippen molar-refractivity contribution in [3.63, 3.8) is 0 Å². The number of carbonyl (C=O) groups excluding carboxylic acids is 2. The Hall–Kier alpha value is -1.92. The molecule has 0 aromatic heterocycles. The van der Waals surface area contributed by atoms with Gasteiger partial charge in [-0.1, -0.05) is 18.2 Å². The van der Waals surface area contributed by atoms with E-state index < -0.39 is 0 Å². The van der Waals surface area contributed by atoms with Gasteiger partial charge >= 0.3 is 0 Å². The van der Waals surface area contributed by atoms with Crippen LogP contribution >= 0.6 is 0 Å². The Labute approximate surface area is 149 Å². The molecule has 6 nitrogen and oxygen atoms in total. The Morgan fingerprint density at radius 1 is 1.16 bits per heavy atom. The number of likely N-dealkylation sites (tertiary alicyclic amines) is 1. The molecule has 0 bridgehead atoms. The molecule has 1 aromatic carbocycles. The van der Waals surface area contributed by atoms with Gasteiger partial charge in [0.15, 0.2) is 0 Å². The van der Waals surface area contributed by atoms with Crippen LogP contribution in [-0.4, -0.2) is 67.0 Å². The minimum atomic E-state index is 0.0231. The summed E-state index contributed by atoms with van der Waals surface area (Å²) in [5, 5.41) is 2.98. The van der Waals surface area contributed by atoms with Crippen molar-refractivity contribution in [2.45, 2.75) is 25.9 Å². The molecule has 6 heteroatoms. The monoisotopic (exact) mass is 345 g/mol. The number of anilines is 1. The van der Waals surface area contributed by atoms with E-state index in [1.807, 2.05) is 42.2 Å². The first-order valence-electron chi connectivity index (χ1n) is 9.09. The van der Waals surface area contributed by atoms with E-state index in [0.717, 1.165) is 31.6 Å². The molecule has 0 radical (unpaired) electrons. The largest absolute Gasteiger partial charge is 0.375 e. The van der Waals surface area contributed by atoms with Crippen molar-refractivity contribution >= 4 is 17.5 Å². The van der Waals surface area contributed by atoms with Crippen molar-refractivity contribution in [3.05, 3.63) is 30.3 Å². The van der Waals surface area contributed by atoms with Gasteiger partial charge in [0.25, 0.3) is 0 Å². The summed E-state index contributed by atoms with van der Waals surface area (Å²) in [5.74, 6) is 0.275. The second kappa shape index (κ2) is 8.45. The molecule has 0 saturated carbocycles. The first kappa shape index (κ1) is 17.9. The Kier molecular flexibility index (Phi) is 6.04. The van der Waals surface area contributed by atoms with E-state index in [1.165, 1.54) is 0 Å². The summed E-state index contributed by atoms with van der Waals surface area (Å²) in [4.78, 5) is 28.8. The van der Waals surface area contributed by atoms with E-state index in [9.17, 15) is 9.59 Å². The van der Waals surface area contributed by atoms with Crippen LogP contribution in [0.5, 0.6) is 0 Å². The normalized spacial score (nSPS) is 22.6. The number of nitrogens with one attached hydrogen (secondary N) is 1. The fourth-order valence-corrected chi connectivity index (χ4v) is 3.46.